The van der Waals surface area contributed by atoms with Crippen LogP contribution in [0.15, 0.2) is 12.1 Å². The van der Waals surface area contributed by atoms with Crippen molar-refractivity contribution in [1.29, 1.82) is 0 Å². The van der Waals surface area contributed by atoms with Crippen LogP contribution in [0.3, 0.4) is 0 Å². The van der Waals surface area contributed by atoms with Gasteiger partial charge in [0.25, 0.3) is 0 Å². The van der Waals surface area contributed by atoms with Crippen LogP contribution >= 0.6 is 0 Å². The molecule has 0 radical (unpaired) electrons. The summed E-state index contributed by atoms with van der Waals surface area (Å²) in [7, 11) is 0. The highest BCUT2D eigenvalue weighted by atomic mass is 16.6. The topological polar surface area (TPSA) is 58.6 Å². The van der Waals surface area contributed by atoms with Gasteiger partial charge in [-0.15, -0.1) is 0 Å². The highest BCUT2D eigenvalue weighted by molar-refractivity contribution is 5.70. The molecule has 1 aromatic rings. The van der Waals surface area contributed by atoms with Gasteiger partial charge in [0.05, 0.1) is 6.04 Å². The van der Waals surface area contributed by atoms with Gasteiger partial charge in [0.2, 0.25) is 0 Å². The number of nitrogens with one attached hydrogen (secondary N) is 1. The SMILES string of the molecule is Cc1cc(O)cc(C)c1[C@H]1COC(=O)N1. The van der Waals surface area contributed by atoms with Crippen molar-refractivity contribution in [2.24, 2.45) is 0 Å². The smallest absolute Gasteiger partial charge is 0.407 e. The third kappa shape index (κ3) is 1.75. The number of phenolic OH excluding ortho intramolecular Hbond substituents is 1. The van der Waals surface area contributed by atoms with Crippen molar-refractivity contribution >= 4 is 6.09 Å². The molecule has 0 unspecified atom stereocenters. The zero-order chi connectivity index (χ0) is 11.0. The molecule has 0 bridgehead atoms. The maximum absolute atomic E-state index is 10.9. The maximum atomic E-state index is 10.9. The van der Waals surface area contributed by atoms with Gasteiger partial charge in [-0.25, -0.2) is 4.79 Å². The molecule has 2 N–H and O–H groups in total. The number of amides is 1. The molecule has 15 heavy (non-hydrogen) atoms. The number of phenols is 1. The van der Waals surface area contributed by atoms with E-state index < -0.39 is 0 Å². The van der Waals surface area contributed by atoms with Crippen LogP contribution in [0.2, 0.25) is 0 Å². The molecule has 0 aromatic heterocycles. The fourth-order valence-corrected chi connectivity index (χ4v) is 2.04. The number of carbonyl (C=O) groups is 1. The van der Waals surface area contributed by atoms with Gasteiger partial charge in [0.1, 0.15) is 12.4 Å². The largest absolute Gasteiger partial charge is 0.508 e. The highest BCUT2D eigenvalue weighted by Crippen LogP contribution is 2.28. The molecule has 4 nitrogen and oxygen atoms in total. The fourth-order valence-electron chi connectivity index (χ4n) is 2.04. The second kappa shape index (κ2) is 3.46. The number of ether oxygens (including phenoxy) is 1. The van der Waals surface area contributed by atoms with Crippen molar-refractivity contribution in [2.45, 2.75) is 19.9 Å². The predicted octanol–water partition coefficient (Wildman–Crippen LogP) is 1.79. The lowest BCUT2D eigenvalue weighted by atomic mass is 9.96. The Balaban J connectivity index is 2.39. The summed E-state index contributed by atoms with van der Waals surface area (Å²) >= 11 is 0. The third-order valence-corrected chi connectivity index (χ3v) is 2.60. The molecular formula is C11H13NO3. The molecule has 0 saturated carbocycles. The van der Waals surface area contributed by atoms with E-state index in [1.54, 1.807) is 12.1 Å². The summed E-state index contributed by atoms with van der Waals surface area (Å²) in [5, 5.41) is 12.1. The van der Waals surface area contributed by atoms with Crippen molar-refractivity contribution in [3.63, 3.8) is 0 Å². The molecule has 1 atom stereocenters. The van der Waals surface area contributed by atoms with Gasteiger partial charge in [0, 0.05) is 0 Å². The average molecular weight is 207 g/mol. The van der Waals surface area contributed by atoms with Crippen molar-refractivity contribution in [3.8, 4) is 5.75 Å². The minimum Gasteiger partial charge on any atom is -0.508 e. The summed E-state index contributed by atoms with van der Waals surface area (Å²) in [6, 6.07) is 3.28. The minimum atomic E-state index is -0.383. The Hall–Kier alpha value is -1.71. The molecular weight excluding hydrogens is 194 g/mol. The molecule has 0 aliphatic carbocycles. The first kappa shape index (κ1) is 9.83. The minimum absolute atomic E-state index is 0.0990. The van der Waals surface area contributed by atoms with Crippen molar-refractivity contribution < 1.29 is 14.6 Å². The number of aromatic hydroxyl groups is 1. The number of alkyl carbamates (subject to hydrolysis) is 1. The van der Waals surface area contributed by atoms with Crippen LogP contribution in [0, 0.1) is 13.8 Å². The number of aryl methyl sites for hydroxylation is 2. The van der Waals surface area contributed by atoms with E-state index in [4.69, 9.17) is 4.74 Å². The Kier molecular flexibility index (Phi) is 2.26. The lowest BCUT2D eigenvalue weighted by Gasteiger charge is -2.14. The fraction of sp³-hybridized carbons (Fsp3) is 0.364. The number of hydrogen-bond acceptors (Lipinski definition) is 3. The van der Waals surface area contributed by atoms with E-state index in [0.29, 0.717) is 6.61 Å². The van der Waals surface area contributed by atoms with Gasteiger partial charge in [0.15, 0.2) is 0 Å². The van der Waals surface area contributed by atoms with E-state index in [1.807, 2.05) is 13.8 Å². The third-order valence-electron chi connectivity index (χ3n) is 2.60. The average Bonchev–Trinajstić information content (AvgIpc) is 2.49. The van der Waals surface area contributed by atoms with Gasteiger partial charge in [-0.3, -0.25) is 0 Å². The van der Waals surface area contributed by atoms with E-state index in [1.165, 1.54) is 0 Å². The molecule has 1 fully saturated rings. The standard InChI is InChI=1S/C11H13NO3/c1-6-3-8(13)4-7(2)10(6)9-5-15-11(14)12-9/h3-4,9,13H,5H2,1-2H3,(H,12,14)/t9-/m1/s1. The molecule has 80 valence electrons. The zero-order valence-corrected chi connectivity index (χ0v) is 8.70. The molecule has 2 rings (SSSR count). The first-order chi connectivity index (χ1) is 7.08. The van der Waals surface area contributed by atoms with E-state index in [0.717, 1.165) is 16.7 Å². The van der Waals surface area contributed by atoms with Crippen LogP contribution in [0.5, 0.6) is 5.75 Å². The van der Waals surface area contributed by atoms with Crippen LogP contribution in [-0.4, -0.2) is 17.8 Å². The summed E-state index contributed by atoms with van der Waals surface area (Å²) in [5.41, 5.74) is 2.95. The number of benzene rings is 1. The number of rotatable bonds is 1. The second-order valence-electron chi connectivity index (χ2n) is 3.79. The Labute approximate surface area is 87.9 Å². The normalized spacial score (nSPS) is 19.9. The molecule has 1 aliphatic heterocycles. The van der Waals surface area contributed by atoms with Gasteiger partial charge >= 0.3 is 6.09 Å². The quantitative estimate of drug-likeness (QED) is 0.738. The van der Waals surface area contributed by atoms with Crippen LogP contribution < -0.4 is 5.32 Å². The van der Waals surface area contributed by atoms with E-state index in [-0.39, 0.29) is 17.9 Å². The van der Waals surface area contributed by atoms with Crippen LogP contribution in [0.1, 0.15) is 22.7 Å². The van der Waals surface area contributed by atoms with Crippen molar-refractivity contribution in [1.82, 2.24) is 5.32 Å². The summed E-state index contributed by atoms with van der Waals surface area (Å²) in [6.07, 6.45) is -0.383. The van der Waals surface area contributed by atoms with Gasteiger partial charge < -0.3 is 15.2 Å². The van der Waals surface area contributed by atoms with E-state index in [2.05, 4.69) is 5.32 Å². The first-order valence-electron chi connectivity index (χ1n) is 4.81. The maximum Gasteiger partial charge on any atom is 0.407 e. The number of carbonyl (C=O) groups excluding carboxylic acids is 1. The van der Waals surface area contributed by atoms with Gasteiger partial charge in [-0.2, -0.15) is 0 Å². The van der Waals surface area contributed by atoms with Gasteiger partial charge in [-0.1, -0.05) is 0 Å². The molecule has 1 aromatic carbocycles. The van der Waals surface area contributed by atoms with E-state index in [9.17, 15) is 9.90 Å². The molecule has 1 saturated heterocycles. The van der Waals surface area contributed by atoms with E-state index >= 15 is 0 Å². The molecule has 1 aliphatic rings. The summed E-state index contributed by atoms with van der Waals surface area (Å²) in [4.78, 5) is 10.9. The monoisotopic (exact) mass is 207 g/mol. The zero-order valence-electron chi connectivity index (χ0n) is 8.70. The summed E-state index contributed by atoms with van der Waals surface area (Å²) < 4.78 is 4.85. The highest BCUT2D eigenvalue weighted by Gasteiger charge is 2.26. The number of cyclic esters (lactones) is 1. The van der Waals surface area contributed by atoms with Crippen LogP contribution in [0.4, 0.5) is 4.79 Å². The second-order valence-corrected chi connectivity index (χ2v) is 3.79. The Morgan fingerprint density at radius 2 is 2.00 bits per heavy atom. The molecule has 1 heterocycles. The Morgan fingerprint density at radius 3 is 2.47 bits per heavy atom. The molecule has 1 amide bonds. The van der Waals surface area contributed by atoms with Crippen molar-refractivity contribution in [3.05, 3.63) is 28.8 Å². The summed E-state index contributed by atoms with van der Waals surface area (Å²) in [5.74, 6) is 0.249. The Morgan fingerprint density at radius 1 is 1.40 bits per heavy atom. The first-order valence-corrected chi connectivity index (χ1v) is 4.81. The molecule has 0 spiro atoms. The van der Waals surface area contributed by atoms with Crippen molar-refractivity contribution in [2.75, 3.05) is 6.61 Å². The van der Waals surface area contributed by atoms with Crippen LogP contribution in [0.25, 0.3) is 0 Å². The Bertz CT molecular complexity index is 391. The number of hydrogen-bond donors (Lipinski definition) is 2. The lowest BCUT2D eigenvalue weighted by molar-refractivity contribution is 0.177. The summed E-state index contributed by atoms with van der Waals surface area (Å²) in [6.45, 7) is 4.17. The molecule has 4 heteroatoms. The van der Waals surface area contributed by atoms with Gasteiger partial charge in [-0.05, 0) is 42.7 Å². The predicted molar refractivity (Wildman–Crippen MR) is 54.8 cm³/mol. The lowest BCUT2D eigenvalue weighted by Crippen LogP contribution is -2.20. The van der Waals surface area contributed by atoms with Crippen LogP contribution in [-0.2, 0) is 4.74 Å².